The van der Waals surface area contributed by atoms with Crippen molar-refractivity contribution in [3.63, 3.8) is 0 Å². The highest BCUT2D eigenvalue weighted by atomic mass is 16.1. The van der Waals surface area contributed by atoms with Gasteiger partial charge in [0.05, 0.1) is 0 Å². The third-order valence-corrected chi connectivity index (χ3v) is 1.81. The number of carbonyl (C=O) groups excluding carboxylic acids is 2. The van der Waals surface area contributed by atoms with E-state index in [-0.39, 0.29) is 11.6 Å². The zero-order valence-electron chi connectivity index (χ0n) is 8.51. The molecule has 0 atom stereocenters. The summed E-state index contributed by atoms with van der Waals surface area (Å²) < 4.78 is 0. The van der Waals surface area contributed by atoms with Crippen LogP contribution in [-0.4, -0.2) is 11.6 Å². The molecule has 0 fully saturated rings. The molecule has 0 bridgehead atoms. The van der Waals surface area contributed by atoms with Crippen molar-refractivity contribution in [2.24, 2.45) is 0 Å². The number of allylic oxidation sites excluding steroid dienone is 2. The van der Waals surface area contributed by atoms with Gasteiger partial charge in [0, 0.05) is 19.3 Å². The second kappa shape index (κ2) is 7.71. The van der Waals surface area contributed by atoms with Crippen LogP contribution >= 0.6 is 0 Å². The Morgan fingerprint density at radius 3 is 2.38 bits per heavy atom. The molecule has 0 spiro atoms. The molecule has 0 aromatic heterocycles. The van der Waals surface area contributed by atoms with E-state index in [0.29, 0.717) is 19.3 Å². The lowest BCUT2D eigenvalue weighted by Gasteiger charge is -1.96. The van der Waals surface area contributed by atoms with E-state index in [1.54, 1.807) is 13.0 Å². The molecule has 0 aliphatic carbocycles. The predicted octanol–water partition coefficient (Wildman–Crippen LogP) is 2.67. The van der Waals surface area contributed by atoms with Gasteiger partial charge in [0.2, 0.25) is 0 Å². The van der Waals surface area contributed by atoms with Gasteiger partial charge in [0.25, 0.3) is 0 Å². The molecule has 0 unspecified atom stereocenters. The zero-order chi connectivity index (χ0) is 10.1. The van der Waals surface area contributed by atoms with E-state index in [1.165, 1.54) is 6.08 Å². The van der Waals surface area contributed by atoms with Gasteiger partial charge in [-0.1, -0.05) is 19.4 Å². The Kier molecular flexibility index (Phi) is 7.17. The van der Waals surface area contributed by atoms with Crippen LogP contribution in [0.5, 0.6) is 0 Å². The molecule has 0 saturated heterocycles. The first-order valence-corrected chi connectivity index (χ1v) is 4.88. The zero-order valence-corrected chi connectivity index (χ0v) is 8.51. The molecular weight excluding hydrogens is 164 g/mol. The van der Waals surface area contributed by atoms with Crippen molar-refractivity contribution in [3.05, 3.63) is 12.2 Å². The van der Waals surface area contributed by atoms with Crippen LogP contribution in [0.1, 0.15) is 46.0 Å². The number of Topliss-reactive ketones (excluding diaryl/α,β-unsaturated/α-hetero) is 1. The average molecular weight is 182 g/mol. The summed E-state index contributed by atoms with van der Waals surface area (Å²) in [7, 11) is 0. The highest BCUT2D eigenvalue weighted by molar-refractivity contribution is 5.92. The van der Waals surface area contributed by atoms with Crippen molar-refractivity contribution in [1.82, 2.24) is 0 Å². The van der Waals surface area contributed by atoms with Crippen LogP contribution in [0.4, 0.5) is 0 Å². The Bertz CT molecular complexity index is 192. The van der Waals surface area contributed by atoms with Gasteiger partial charge in [-0.2, -0.15) is 0 Å². The van der Waals surface area contributed by atoms with Gasteiger partial charge in [0.1, 0.15) is 5.78 Å². The lowest BCUT2D eigenvalue weighted by molar-refractivity contribution is -0.122. The molecule has 74 valence electrons. The maximum Gasteiger partial charge on any atom is 0.155 e. The van der Waals surface area contributed by atoms with Crippen LogP contribution in [0.3, 0.4) is 0 Å². The summed E-state index contributed by atoms with van der Waals surface area (Å²) in [5.41, 5.74) is 0. The van der Waals surface area contributed by atoms with E-state index >= 15 is 0 Å². The van der Waals surface area contributed by atoms with E-state index in [9.17, 15) is 9.59 Å². The lowest BCUT2D eigenvalue weighted by Crippen LogP contribution is -2.01. The molecule has 0 N–H and O–H groups in total. The quantitative estimate of drug-likeness (QED) is 0.567. The van der Waals surface area contributed by atoms with Gasteiger partial charge in [-0.15, -0.1) is 0 Å². The molecule has 0 aromatic rings. The molecule has 0 amide bonds. The molecule has 0 aliphatic rings. The Morgan fingerprint density at radius 2 is 1.85 bits per heavy atom. The highest BCUT2D eigenvalue weighted by Gasteiger charge is 2.03. The maximum atomic E-state index is 11.1. The second-order valence-electron chi connectivity index (χ2n) is 3.11. The smallest absolute Gasteiger partial charge is 0.155 e. The first-order chi connectivity index (χ1) is 6.20. The Labute approximate surface area is 80.0 Å². The third kappa shape index (κ3) is 7.44. The number of rotatable bonds is 7. The minimum Gasteiger partial charge on any atom is -0.300 e. The summed E-state index contributed by atoms with van der Waals surface area (Å²) in [6, 6.07) is 0. The molecule has 0 saturated carbocycles. The van der Waals surface area contributed by atoms with Gasteiger partial charge >= 0.3 is 0 Å². The van der Waals surface area contributed by atoms with Crippen LogP contribution in [0.25, 0.3) is 0 Å². The molecule has 0 aliphatic heterocycles. The topological polar surface area (TPSA) is 34.1 Å². The summed E-state index contributed by atoms with van der Waals surface area (Å²) in [6.45, 7) is 3.86. The van der Waals surface area contributed by atoms with Gasteiger partial charge in [0.15, 0.2) is 5.78 Å². The monoisotopic (exact) mass is 182 g/mol. The van der Waals surface area contributed by atoms with E-state index in [1.807, 2.05) is 0 Å². The first kappa shape index (κ1) is 12.1. The fourth-order valence-corrected chi connectivity index (χ4v) is 1.03. The van der Waals surface area contributed by atoms with Crippen LogP contribution in [-0.2, 0) is 9.59 Å². The fraction of sp³-hybridized carbons (Fsp3) is 0.636. The molecule has 0 radical (unpaired) electrons. The van der Waals surface area contributed by atoms with E-state index < -0.39 is 0 Å². The molecule has 0 aromatic carbocycles. The predicted molar refractivity (Wildman–Crippen MR) is 53.6 cm³/mol. The van der Waals surface area contributed by atoms with Crippen molar-refractivity contribution < 1.29 is 9.59 Å². The number of hydrogen-bond acceptors (Lipinski definition) is 2. The fourth-order valence-electron chi connectivity index (χ4n) is 1.03. The minimum absolute atomic E-state index is 0.0485. The number of unbranched alkanes of at least 4 members (excludes halogenated alkanes) is 1. The van der Waals surface area contributed by atoms with Gasteiger partial charge in [-0.25, -0.2) is 0 Å². The van der Waals surface area contributed by atoms with Crippen LogP contribution in [0.2, 0.25) is 0 Å². The van der Waals surface area contributed by atoms with E-state index in [2.05, 4.69) is 6.92 Å². The first-order valence-electron chi connectivity index (χ1n) is 4.88. The summed E-state index contributed by atoms with van der Waals surface area (Å²) >= 11 is 0. The van der Waals surface area contributed by atoms with Crippen molar-refractivity contribution in [1.29, 1.82) is 0 Å². The van der Waals surface area contributed by atoms with Crippen molar-refractivity contribution in [3.8, 4) is 0 Å². The van der Waals surface area contributed by atoms with Crippen LogP contribution in [0.15, 0.2) is 12.2 Å². The Morgan fingerprint density at radius 1 is 1.15 bits per heavy atom. The average Bonchev–Trinajstić information content (AvgIpc) is 2.12. The molecular formula is C11H18O2. The Hall–Kier alpha value is -0.920. The van der Waals surface area contributed by atoms with Gasteiger partial charge in [-0.05, 0) is 19.4 Å². The molecule has 13 heavy (non-hydrogen) atoms. The maximum absolute atomic E-state index is 11.1. The Balaban J connectivity index is 3.52. The number of ketones is 2. The molecule has 0 rings (SSSR count). The second-order valence-corrected chi connectivity index (χ2v) is 3.11. The van der Waals surface area contributed by atoms with Crippen molar-refractivity contribution >= 4 is 11.6 Å². The van der Waals surface area contributed by atoms with Crippen LogP contribution in [0, 0.1) is 0 Å². The third-order valence-electron chi connectivity index (χ3n) is 1.81. The summed E-state index contributed by atoms with van der Waals surface area (Å²) in [5.74, 6) is 0.257. The van der Waals surface area contributed by atoms with E-state index in [0.717, 1.165) is 12.8 Å². The number of carbonyl (C=O) groups is 2. The van der Waals surface area contributed by atoms with Gasteiger partial charge < -0.3 is 0 Å². The van der Waals surface area contributed by atoms with E-state index in [4.69, 9.17) is 0 Å². The normalized spacial score (nSPS) is 10.6. The van der Waals surface area contributed by atoms with Crippen molar-refractivity contribution in [2.75, 3.05) is 0 Å². The highest BCUT2D eigenvalue weighted by Crippen LogP contribution is 2.01. The number of hydrogen-bond donors (Lipinski definition) is 0. The van der Waals surface area contributed by atoms with Crippen molar-refractivity contribution in [2.45, 2.75) is 46.0 Å². The molecule has 0 heterocycles. The summed E-state index contributed by atoms with van der Waals surface area (Å²) in [6.07, 6.45) is 6.60. The summed E-state index contributed by atoms with van der Waals surface area (Å²) in [5, 5.41) is 0. The molecule has 2 nitrogen and oxygen atoms in total. The van der Waals surface area contributed by atoms with Gasteiger partial charge in [-0.3, -0.25) is 9.59 Å². The summed E-state index contributed by atoms with van der Waals surface area (Å²) in [4.78, 5) is 22.1. The van der Waals surface area contributed by atoms with Crippen LogP contribution < -0.4 is 0 Å². The minimum atomic E-state index is 0.0485. The lowest BCUT2D eigenvalue weighted by atomic mass is 10.1. The standard InChI is InChI=1S/C11H18O2/c1-3-5-7-11(13)9-8-10(12)6-4-2/h4,6H,3,5,7-9H2,1-2H3/b6-4+. The SMILES string of the molecule is C/C=C/C(=O)CCC(=O)CCCC. The molecule has 2 heteroatoms. The largest absolute Gasteiger partial charge is 0.300 e.